The summed E-state index contributed by atoms with van der Waals surface area (Å²) < 4.78 is 21.1. The predicted molar refractivity (Wildman–Crippen MR) is 106 cm³/mol. The molecule has 10 heteroatoms. The van der Waals surface area contributed by atoms with Crippen LogP contribution in [-0.4, -0.2) is 29.0 Å². The van der Waals surface area contributed by atoms with Gasteiger partial charge in [0.2, 0.25) is 0 Å². The fraction of sp³-hybridized carbons (Fsp3) is 0.231. The van der Waals surface area contributed by atoms with E-state index in [-0.39, 0.29) is 0 Å². The highest BCUT2D eigenvalue weighted by molar-refractivity contribution is 8.27. The Morgan fingerprint density at radius 2 is 1.43 bits per heavy atom. The average molecular weight is 413 g/mol. The zero-order chi connectivity index (χ0) is 15.2. The summed E-state index contributed by atoms with van der Waals surface area (Å²) in [5.74, 6) is 2.34. The molecule has 0 N–H and O–H groups in total. The lowest BCUT2D eigenvalue weighted by atomic mass is 10.1. The number of hydrogen-bond acceptors (Lipinski definition) is 10. The number of nitrogens with zero attached hydrogens (tertiary/aromatic N) is 4. The second kappa shape index (κ2) is 6.23. The Balaban J connectivity index is 1.79. The van der Waals surface area contributed by atoms with E-state index in [4.69, 9.17) is 0 Å². The Kier molecular flexibility index (Phi) is 4.07. The van der Waals surface area contributed by atoms with Crippen LogP contribution >= 0.6 is 70.5 Å². The number of aromatic nitrogens is 4. The van der Waals surface area contributed by atoms with Gasteiger partial charge in [0.15, 0.2) is 0 Å². The number of hydrogen-bond donors (Lipinski definition) is 0. The van der Waals surface area contributed by atoms with E-state index in [9.17, 15) is 0 Å². The largest absolute Gasteiger partial charge is 0.177 e. The molecule has 3 aliphatic rings. The molecule has 0 aromatic carbocycles. The minimum absolute atomic E-state index is 0.805. The van der Waals surface area contributed by atoms with Gasteiger partial charge in [-0.15, -0.1) is 23.5 Å². The molecule has 4 heterocycles. The molecule has 1 fully saturated rings. The van der Waals surface area contributed by atoms with E-state index in [0.29, 0.717) is 0 Å². The Bertz CT molecular complexity index is 859. The van der Waals surface area contributed by atoms with Gasteiger partial charge < -0.3 is 0 Å². The molecule has 2 aromatic heterocycles. The van der Waals surface area contributed by atoms with Gasteiger partial charge in [-0.2, -0.15) is 17.5 Å². The summed E-state index contributed by atoms with van der Waals surface area (Å²) in [5, 5.41) is 4.22. The van der Waals surface area contributed by atoms with Crippen LogP contribution in [0.3, 0.4) is 0 Å². The summed E-state index contributed by atoms with van der Waals surface area (Å²) in [4.78, 5) is 0. The Hall–Kier alpha value is -0.260. The summed E-state index contributed by atoms with van der Waals surface area (Å²) in [6, 6.07) is 0. The van der Waals surface area contributed by atoms with Crippen molar-refractivity contribution in [1.82, 2.24) is 17.5 Å². The van der Waals surface area contributed by atoms with E-state index in [0.717, 1.165) is 34.8 Å². The smallest absolute Gasteiger partial charge is 0.116 e. The minimum Gasteiger partial charge on any atom is -0.177 e. The van der Waals surface area contributed by atoms with Crippen molar-refractivity contribution >= 4 is 81.7 Å². The summed E-state index contributed by atoms with van der Waals surface area (Å²) in [7, 11) is 0. The maximum atomic E-state index is 4.65. The first-order chi connectivity index (χ1) is 11.4. The maximum Gasteiger partial charge on any atom is 0.116 e. The third-order valence-electron chi connectivity index (χ3n) is 3.55. The van der Waals surface area contributed by atoms with E-state index in [1.54, 1.807) is 23.5 Å². The monoisotopic (exact) mass is 412 g/mol. The van der Waals surface area contributed by atoms with Gasteiger partial charge in [0.25, 0.3) is 0 Å². The van der Waals surface area contributed by atoms with Crippen molar-refractivity contribution in [3.63, 3.8) is 0 Å². The summed E-state index contributed by atoms with van der Waals surface area (Å²) in [6.45, 7) is 0. The predicted octanol–water partition coefficient (Wildman–Crippen LogP) is 4.76. The Morgan fingerprint density at radius 1 is 0.739 bits per heavy atom. The van der Waals surface area contributed by atoms with Crippen molar-refractivity contribution in [1.29, 1.82) is 0 Å². The Morgan fingerprint density at radius 3 is 2.26 bits per heavy atom. The van der Waals surface area contributed by atoms with Crippen molar-refractivity contribution in [2.45, 2.75) is 6.42 Å². The third-order valence-corrected chi connectivity index (χ3v) is 9.58. The van der Waals surface area contributed by atoms with E-state index < -0.39 is 0 Å². The lowest BCUT2D eigenvalue weighted by Crippen LogP contribution is -1.93. The first-order valence-corrected chi connectivity index (χ1v) is 12.0. The molecule has 0 radical (unpaired) electrons. The van der Waals surface area contributed by atoms with Crippen molar-refractivity contribution in [3.8, 4) is 0 Å². The molecular weight excluding hydrogens is 405 g/mol. The van der Waals surface area contributed by atoms with Crippen LogP contribution in [0.1, 0.15) is 22.8 Å². The number of thioether (sulfide) groups is 4. The van der Waals surface area contributed by atoms with E-state index >= 15 is 0 Å². The van der Waals surface area contributed by atoms with Crippen LogP contribution in [0.25, 0.3) is 11.1 Å². The molecule has 0 bridgehead atoms. The van der Waals surface area contributed by atoms with Crippen molar-refractivity contribution in [2.24, 2.45) is 0 Å². The molecule has 23 heavy (non-hydrogen) atoms. The molecule has 1 aliphatic carbocycles. The van der Waals surface area contributed by atoms with Crippen molar-refractivity contribution in [2.75, 3.05) is 11.5 Å². The van der Waals surface area contributed by atoms with Crippen molar-refractivity contribution in [3.05, 3.63) is 42.1 Å². The zero-order valence-electron chi connectivity index (χ0n) is 11.5. The summed E-state index contributed by atoms with van der Waals surface area (Å²) in [6.07, 6.45) is 0.805. The summed E-state index contributed by atoms with van der Waals surface area (Å²) >= 11 is 9.92. The first kappa shape index (κ1) is 15.0. The first-order valence-electron chi connectivity index (χ1n) is 6.78. The number of rotatable bonds is 0. The van der Waals surface area contributed by atoms with E-state index in [2.05, 4.69) is 28.3 Å². The SMILES string of the molecule is C1=CSC(=C2c3nsnc3CC(=C3SCCS3)c3nsnc32)S1. The molecule has 0 atom stereocenters. The molecular formula is C13H8N4S6. The molecule has 0 amide bonds. The van der Waals surface area contributed by atoms with Gasteiger partial charge in [-0.3, -0.25) is 0 Å². The maximum absolute atomic E-state index is 4.65. The quantitative estimate of drug-likeness (QED) is 0.614. The lowest BCUT2D eigenvalue weighted by molar-refractivity contribution is 1.18. The molecule has 2 aromatic rings. The minimum atomic E-state index is 0.805. The van der Waals surface area contributed by atoms with Gasteiger partial charge in [0.1, 0.15) is 17.1 Å². The molecule has 0 unspecified atom stereocenters. The number of allylic oxidation sites excluding steroid dienone is 1. The molecule has 2 aliphatic heterocycles. The standard InChI is InChI=1S/C13H8N4S6/c1-2-19-12(18-1)6-5-7-10(16-22-14-7)8(13-20-3-4-21-13)11-9(6)15-23-17-11/h3-4H,1-2,5H2. The number of fused-ring (bicyclic) bond motifs is 2. The van der Waals surface area contributed by atoms with Gasteiger partial charge in [0, 0.05) is 27.7 Å². The summed E-state index contributed by atoms with van der Waals surface area (Å²) in [5.41, 5.74) is 6.47. The van der Waals surface area contributed by atoms with Crippen LogP contribution in [0.5, 0.6) is 0 Å². The second-order valence-electron chi connectivity index (χ2n) is 4.83. The van der Waals surface area contributed by atoms with Crippen LogP contribution in [0.15, 0.2) is 19.3 Å². The zero-order valence-corrected chi connectivity index (χ0v) is 16.4. The van der Waals surface area contributed by atoms with Gasteiger partial charge in [-0.25, -0.2) is 0 Å². The molecule has 5 rings (SSSR count). The van der Waals surface area contributed by atoms with Gasteiger partial charge in [-0.05, 0) is 10.8 Å². The van der Waals surface area contributed by atoms with E-state index in [1.807, 2.05) is 23.5 Å². The molecule has 0 spiro atoms. The molecule has 1 saturated heterocycles. The highest BCUT2D eigenvalue weighted by Crippen LogP contribution is 2.50. The normalized spacial score (nSPS) is 20.2. The topological polar surface area (TPSA) is 51.6 Å². The molecule has 0 saturated carbocycles. The fourth-order valence-corrected chi connectivity index (χ4v) is 8.17. The van der Waals surface area contributed by atoms with Crippen LogP contribution < -0.4 is 0 Å². The molecule has 116 valence electrons. The highest BCUT2D eigenvalue weighted by atomic mass is 32.2. The average Bonchev–Trinajstić information content (AvgIpc) is 3.36. The lowest BCUT2D eigenvalue weighted by Gasteiger charge is -2.06. The van der Waals surface area contributed by atoms with Crippen molar-refractivity contribution < 1.29 is 0 Å². The second-order valence-corrected chi connectivity index (χ2v) is 10.4. The fourth-order valence-electron chi connectivity index (χ4n) is 2.60. The van der Waals surface area contributed by atoms with Crippen LogP contribution in [0, 0.1) is 0 Å². The third kappa shape index (κ3) is 2.54. The molecule has 4 nitrogen and oxygen atoms in total. The van der Waals surface area contributed by atoms with Crippen LogP contribution in [0.4, 0.5) is 0 Å². The van der Waals surface area contributed by atoms with Gasteiger partial charge in [0.05, 0.1) is 39.0 Å². The highest BCUT2D eigenvalue weighted by Gasteiger charge is 2.33. The van der Waals surface area contributed by atoms with Gasteiger partial charge >= 0.3 is 0 Å². The Labute approximate surface area is 158 Å². The van der Waals surface area contributed by atoms with Gasteiger partial charge in [-0.1, -0.05) is 23.5 Å². The van der Waals surface area contributed by atoms with Crippen LogP contribution in [-0.2, 0) is 6.42 Å². The van der Waals surface area contributed by atoms with E-state index in [1.165, 1.54) is 49.0 Å². The van der Waals surface area contributed by atoms with Crippen LogP contribution in [0.2, 0.25) is 0 Å².